The molecule has 18 heavy (non-hydrogen) atoms. The van der Waals surface area contributed by atoms with Crippen LogP contribution in [0.2, 0.25) is 0 Å². The molecule has 0 radical (unpaired) electrons. The van der Waals surface area contributed by atoms with Crippen molar-refractivity contribution in [2.24, 2.45) is 0 Å². The number of hydrogen-bond acceptors (Lipinski definition) is 4. The second-order valence-corrected chi connectivity index (χ2v) is 5.61. The molecule has 1 aliphatic rings. The zero-order valence-electron chi connectivity index (χ0n) is 11.7. The summed E-state index contributed by atoms with van der Waals surface area (Å²) in [4.78, 5) is 8.95. The number of aromatic nitrogens is 1. The second kappa shape index (κ2) is 5.67. The van der Waals surface area contributed by atoms with Gasteiger partial charge in [0.25, 0.3) is 0 Å². The van der Waals surface area contributed by atoms with Gasteiger partial charge in [-0.1, -0.05) is 0 Å². The molecular formula is C14H24N4. The van der Waals surface area contributed by atoms with Crippen LogP contribution in [0.3, 0.4) is 0 Å². The fraction of sp³-hybridized carbons (Fsp3) is 0.643. The largest absolute Gasteiger partial charge is 0.373 e. The van der Waals surface area contributed by atoms with E-state index in [1.165, 1.54) is 5.69 Å². The van der Waals surface area contributed by atoms with Crippen LogP contribution in [0.1, 0.15) is 13.8 Å². The Morgan fingerprint density at radius 3 is 2.50 bits per heavy atom. The second-order valence-electron chi connectivity index (χ2n) is 5.61. The van der Waals surface area contributed by atoms with Crippen molar-refractivity contribution in [2.45, 2.75) is 19.4 Å². The summed E-state index contributed by atoms with van der Waals surface area (Å²) < 4.78 is 0. The SMILES string of the molecule is CN(CC(C)(C)N1CCNCC1)c1ccncc1. The lowest BCUT2D eigenvalue weighted by Crippen LogP contribution is -2.57. The minimum absolute atomic E-state index is 0.195. The fourth-order valence-corrected chi connectivity index (χ4v) is 2.64. The first kappa shape index (κ1) is 13.3. The van der Waals surface area contributed by atoms with Gasteiger partial charge in [-0.2, -0.15) is 0 Å². The highest BCUT2D eigenvalue weighted by molar-refractivity contribution is 5.44. The molecule has 0 aliphatic carbocycles. The van der Waals surface area contributed by atoms with Crippen molar-refractivity contribution in [3.63, 3.8) is 0 Å². The molecular weight excluding hydrogens is 224 g/mol. The quantitative estimate of drug-likeness (QED) is 0.867. The monoisotopic (exact) mass is 248 g/mol. The van der Waals surface area contributed by atoms with Crippen molar-refractivity contribution in [1.29, 1.82) is 0 Å². The van der Waals surface area contributed by atoms with E-state index in [0.29, 0.717) is 0 Å². The number of rotatable bonds is 4. The maximum Gasteiger partial charge on any atom is 0.0395 e. The molecule has 4 heteroatoms. The van der Waals surface area contributed by atoms with Gasteiger partial charge in [-0.15, -0.1) is 0 Å². The minimum atomic E-state index is 0.195. The summed E-state index contributed by atoms with van der Waals surface area (Å²) in [5.74, 6) is 0. The van der Waals surface area contributed by atoms with Crippen molar-refractivity contribution < 1.29 is 0 Å². The molecule has 1 aromatic rings. The summed E-state index contributed by atoms with van der Waals surface area (Å²) in [5.41, 5.74) is 1.42. The zero-order valence-corrected chi connectivity index (χ0v) is 11.7. The van der Waals surface area contributed by atoms with E-state index in [-0.39, 0.29) is 5.54 Å². The van der Waals surface area contributed by atoms with Crippen LogP contribution in [0.25, 0.3) is 0 Å². The number of likely N-dealkylation sites (N-methyl/N-ethyl adjacent to an activating group) is 1. The number of nitrogens with one attached hydrogen (secondary N) is 1. The number of anilines is 1. The lowest BCUT2D eigenvalue weighted by molar-refractivity contribution is 0.109. The predicted octanol–water partition coefficient (Wildman–Crippen LogP) is 1.20. The first-order chi connectivity index (χ1) is 8.59. The van der Waals surface area contributed by atoms with E-state index in [1.54, 1.807) is 0 Å². The molecule has 1 saturated heterocycles. The topological polar surface area (TPSA) is 31.4 Å². The Morgan fingerprint density at radius 2 is 1.89 bits per heavy atom. The van der Waals surface area contributed by atoms with Gasteiger partial charge in [0.2, 0.25) is 0 Å². The van der Waals surface area contributed by atoms with E-state index in [2.05, 4.69) is 53.1 Å². The summed E-state index contributed by atoms with van der Waals surface area (Å²) in [6.07, 6.45) is 3.70. The molecule has 2 heterocycles. The molecule has 2 rings (SSSR count). The third kappa shape index (κ3) is 3.21. The van der Waals surface area contributed by atoms with Gasteiger partial charge in [-0.25, -0.2) is 0 Å². The van der Waals surface area contributed by atoms with E-state index in [1.807, 2.05) is 12.4 Å². The maximum absolute atomic E-state index is 4.07. The third-order valence-corrected chi connectivity index (χ3v) is 3.70. The van der Waals surface area contributed by atoms with Crippen LogP contribution in [0.5, 0.6) is 0 Å². The Balaban J connectivity index is 1.98. The summed E-state index contributed by atoms with van der Waals surface area (Å²) in [5, 5.41) is 3.41. The fourth-order valence-electron chi connectivity index (χ4n) is 2.64. The molecule has 0 atom stereocenters. The van der Waals surface area contributed by atoms with Gasteiger partial charge < -0.3 is 10.2 Å². The first-order valence-electron chi connectivity index (χ1n) is 6.66. The number of pyridine rings is 1. The van der Waals surface area contributed by atoms with Crippen LogP contribution < -0.4 is 10.2 Å². The van der Waals surface area contributed by atoms with Gasteiger partial charge in [0, 0.05) is 63.4 Å². The highest BCUT2D eigenvalue weighted by Crippen LogP contribution is 2.19. The van der Waals surface area contributed by atoms with E-state index in [4.69, 9.17) is 0 Å². The van der Waals surface area contributed by atoms with Crippen molar-refractivity contribution >= 4 is 5.69 Å². The summed E-state index contributed by atoms with van der Waals surface area (Å²) in [6, 6.07) is 4.13. The standard InChI is InChI=1S/C14H24N4/c1-14(2,18-10-8-16-9-11-18)12-17(3)13-4-6-15-7-5-13/h4-7,16H,8-12H2,1-3H3. The van der Waals surface area contributed by atoms with Gasteiger partial charge in [0.1, 0.15) is 0 Å². The predicted molar refractivity (Wildman–Crippen MR) is 76.0 cm³/mol. The smallest absolute Gasteiger partial charge is 0.0395 e. The van der Waals surface area contributed by atoms with E-state index < -0.39 is 0 Å². The van der Waals surface area contributed by atoms with Crippen molar-refractivity contribution in [3.8, 4) is 0 Å². The summed E-state index contributed by atoms with van der Waals surface area (Å²) in [6.45, 7) is 10.2. The third-order valence-electron chi connectivity index (χ3n) is 3.70. The van der Waals surface area contributed by atoms with Gasteiger partial charge in [0.05, 0.1) is 0 Å². The molecule has 0 amide bonds. The normalized spacial score (nSPS) is 17.7. The number of hydrogen-bond donors (Lipinski definition) is 1. The lowest BCUT2D eigenvalue weighted by Gasteiger charge is -2.43. The maximum atomic E-state index is 4.07. The van der Waals surface area contributed by atoms with Crippen LogP contribution in [-0.2, 0) is 0 Å². The van der Waals surface area contributed by atoms with Crippen LogP contribution in [0.4, 0.5) is 5.69 Å². The van der Waals surface area contributed by atoms with E-state index in [0.717, 1.165) is 32.7 Å². The molecule has 0 saturated carbocycles. The first-order valence-corrected chi connectivity index (χ1v) is 6.66. The van der Waals surface area contributed by atoms with Gasteiger partial charge in [0.15, 0.2) is 0 Å². The van der Waals surface area contributed by atoms with Crippen molar-refractivity contribution in [2.75, 3.05) is 44.7 Å². The molecule has 1 N–H and O–H groups in total. The summed E-state index contributed by atoms with van der Waals surface area (Å²) in [7, 11) is 2.15. The minimum Gasteiger partial charge on any atom is -0.373 e. The highest BCUT2D eigenvalue weighted by atomic mass is 15.3. The van der Waals surface area contributed by atoms with Crippen molar-refractivity contribution in [3.05, 3.63) is 24.5 Å². The molecule has 0 spiro atoms. The zero-order chi connectivity index (χ0) is 13.0. The Hall–Kier alpha value is -1.13. The van der Waals surface area contributed by atoms with Crippen LogP contribution in [0.15, 0.2) is 24.5 Å². The Morgan fingerprint density at radius 1 is 1.28 bits per heavy atom. The van der Waals surface area contributed by atoms with Gasteiger partial charge in [-0.05, 0) is 26.0 Å². The average Bonchev–Trinajstić information content (AvgIpc) is 2.40. The van der Waals surface area contributed by atoms with Crippen molar-refractivity contribution in [1.82, 2.24) is 15.2 Å². The molecule has 0 bridgehead atoms. The molecule has 1 aromatic heterocycles. The summed E-state index contributed by atoms with van der Waals surface area (Å²) >= 11 is 0. The molecule has 0 aromatic carbocycles. The Kier molecular flexibility index (Phi) is 4.19. The number of piperazine rings is 1. The van der Waals surface area contributed by atoms with Gasteiger partial charge >= 0.3 is 0 Å². The van der Waals surface area contributed by atoms with Crippen LogP contribution in [-0.4, -0.2) is 55.2 Å². The lowest BCUT2D eigenvalue weighted by atomic mass is 10.0. The molecule has 1 fully saturated rings. The van der Waals surface area contributed by atoms with Crippen LogP contribution >= 0.6 is 0 Å². The molecule has 1 aliphatic heterocycles. The molecule has 4 nitrogen and oxygen atoms in total. The Bertz CT molecular complexity index is 357. The molecule has 0 unspecified atom stereocenters. The van der Waals surface area contributed by atoms with E-state index in [9.17, 15) is 0 Å². The Labute approximate surface area is 110 Å². The van der Waals surface area contributed by atoms with Gasteiger partial charge in [-0.3, -0.25) is 9.88 Å². The van der Waals surface area contributed by atoms with Crippen LogP contribution in [0, 0.1) is 0 Å². The highest BCUT2D eigenvalue weighted by Gasteiger charge is 2.29. The van der Waals surface area contributed by atoms with E-state index >= 15 is 0 Å². The molecule has 100 valence electrons. The number of nitrogens with zero attached hydrogens (tertiary/aromatic N) is 3. The average molecular weight is 248 g/mol.